The number of carbonyl (C=O) groups is 2. The van der Waals surface area contributed by atoms with Gasteiger partial charge in [-0.3, -0.25) is 27.7 Å². The zero-order valence-corrected chi connectivity index (χ0v) is 24.5. The van der Waals surface area contributed by atoms with Crippen molar-refractivity contribution in [3.63, 3.8) is 0 Å². The summed E-state index contributed by atoms with van der Waals surface area (Å²) in [6.45, 7) is 7.54. The second kappa shape index (κ2) is 11.6. The van der Waals surface area contributed by atoms with Crippen LogP contribution in [0.5, 0.6) is 0 Å². The third-order valence-corrected chi connectivity index (χ3v) is 9.23. The average molecular weight is 605 g/mol. The Hall–Kier alpha value is -2.20. The molecule has 0 aromatic carbocycles. The van der Waals surface area contributed by atoms with Gasteiger partial charge in [0, 0.05) is 5.75 Å². The van der Waals surface area contributed by atoms with Gasteiger partial charge in [0.2, 0.25) is 5.95 Å². The van der Waals surface area contributed by atoms with Crippen molar-refractivity contribution < 1.29 is 41.6 Å². The van der Waals surface area contributed by atoms with E-state index >= 15 is 4.39 Å². The van der Waals surface area contributed by atoms with E-state index in [-0.39, 0.29) is 48.2 Å². The summed E-state index contributed by atoms with van der Waals surface area (Å²) in [5, 5.41) is -0.272. The Kier molecular flexibility index (Phi) is 8.91. The minimum Gasteiger partial charge on any atom is -0.463 e. The summed E-state index contributed by atoms with van der Waals surface area (Å²) >= 11 is 0.907. The molecule has 0 aliphatic carbocycles. The second-order valence-corrected chi connectivity index (χ2v) is 13.5. The predicted octanol–water partition coefficient (Wildman–Crippen LogP) is 2.39. The number of rotatable bonds is 10. The number of thioether (sulfide) groups is 1. The van der Waals surface area contributed by atoms with E-state index < -0.39 is 49.4 Å². The number of nitrogen functional groups attached to an aromatic ring is 1. The summed E-state index contributed by atoms with van der Waals surface area (Å²) in [6.07, 6.45) is -0.632. The highest BCUT2D eigenvalue weighted by atomic mass is 32.2. The van der Waals surface area contributed by atoms with E-state index in [1.165, 1.54) is 24.0 Å². The van der Waals surface area contributed by atoms with E-state index in [0.717, 1.165) is 11.8 Å². The van der Waals surface area contributed by atoms with Crippen molar-refractivity contribution in [2.45, 2.75) is 64.8 Å². The zero-order valence-electron chi connectivity index (χ0n) is 22.8. The number of imidazole rings is 1. The first kappa shape index (κ1) is 30.8. The lowest BCUT2D eigenvalue weighted by atomic mass is 9.97. The van der Waals surface area contributed by atoms with Crippen LogP contribution < -0.4 is 11.5 Å². The highest BCUT2D eigenvalue weighted by Gasteiger charge is 2.61. The van der Waals surface area contributed by atoms with Crippen molar-refractivity contribution >= 4 is 47.8 Å². The van der Waals surface area contributed by atoms with E-state index in [9.17, 15) is 14.2 Å². The smallest absolute Gasteiger partial charge is 0.463 e. The SMILES string of the molecule is CC(C)[C@H](N)C(=O)OCC(C)(C)C(=O)SCCO[P@@]1(=O)OC[C@H]2O[C@@H](n3cnc4cnc(N)nc43)[C@](C)(F)[C@@H]2O1. The van der Waals surface area contributed by atoms with Crippen LogP contribution >= 0.6 is 19.6 Å². The number of halogens is 1. The van der Waals surface area contributed by atoms with Gasteiger partial charge >= 0.3 is 13.8 Å². The average Bonchev–Trinajstić information content (AvgIpc) is 3.41. The van der Waals surface area contributed by atoms with Gasteiger partial charge in [-0.15, -0.1) is 0 Å². The van der Waals surface area contributed by atoms with Crippen LogP contribution in [0.1, 0.15) is 40.8 Å². The summed E-state index contributed by atoms with van der Waals surface area (Å²) < 4.78 is 57.9. The number of carbonyl (C=O) groups excluding carboxylic acids is 2. The molecule has 17 heteroatoms. The number of fused-ring (bicyclic) bond motifs is 2. The molecule has 0 spiro atoms. The van der Waals surface area contributed by atoms with Crippen LogP contribution in [0.15, 0.2) is 12.5 Å². The first-order valence-corrected chi connectivity index (χ1v) is 15.1. The third-order valence-electron chi connectivity index (χ3n) is 6.59. The molecule has 0 saturated carbocycles. The topological polar surface area (TPSA) is 193 Å². The Morgan fingerprint density at radius 2 is 2.10 bits per heavy atom. The van der Waals surface area contributed by atoms with Gasteiger partial charge in [-0.25, -0.2) is 18.9 Å². The number of esters is 1. The van der Waals surface area contributed by atoms with Gasteiger partial charge in [0.15, 0.2) is 22.7 Å². The molecule has 2 aromatic heterocycles. The molecule has 4 heterocycles. The van der Waals surface area contributed by atoms with Gasteiger partial charge in [-0.2, -0.15) is 4.98 Å². The van der Waals surface area contributed by atoms with Gasteiger partial charge in [-0.05, 0) is 26.7 Å². The maximum absolute atomic E-state index is 16.1. The number of aromatic nitrogens is 4. The predicted molar refractivity (Wildman–Crippen MR) is 143 cm³/mol. The number of alkyl halides is 1. The van der Waals surface area contributed by atoms with Crippen LogP contribution in [0.2, 0.25) is 0 Å². The van der Waals surface area contributed by atoms with Gasteiger partial charge in [0.25, 0.3) is 0 Å². The lowest BCUT2D eigenvalue weighted by molar-refractivity contribution is -0.150. The number of anilines is 1. The summed E-state index contributed by atoms with van der Waals surface area (Å²) in [5.41, 5.74) is 8.94. The fourth-order valence-corrected chi connectivity index (χ4v) is 6.47. The zero-order chi connectivity index (χ0) is 29.5. The molecule has 2 saturated heterocycles. The van der Waals surface area contributed by atoms with Crippen LogP contribution in [0.4, 0.5) is 10.3 Å². The van der Waals surface area contributed by atoms with E-state index in [1.807, 2.05) is 0 Å². The Morgan fingerprint density at radius 3 is 2.80 bits per heavy atom. The number of phosphoric acid groups is 1. The van der Waals surface area contributed by atoms with Gasteiger partial charge in [0.05, 0.1) is 31.2 Å². The quantitative estimate of drug-likeness (QED) is 0.228. The Bertz CT molecular complexity index is 1310. The van der Waals surface area contributed by atoms with Crippen molar-refractivity contribution in [3.8, 4) is 0 Å². The van der Waals surface area contributed by atoms with Crippen molar-refractivity contribution in [3.05, 3.63) is 12.5 Å². The third kappa shape index (κ3) is 6.32. The second-order valence-electron chi connectivity index (χ2n) is 10.8. The fourth-order valence-electron chi connectivity index (χ4n) is 4.08. The lowest BCUT2D eigenvalue weighted by Gasteiger charge is -2.33. The van der Waals surface area contributed by atoms with Crippen molar-refractivity contribution in [2.24, 2.45) is 17.1 Å². The van der Waals surface area contributed by atoms with Gasteiger partial charge < -0.3 is 20.9 Å². The number of hydrogen-bond donors (Lipinski definition) is 2. The van der Waals surface area contributed by atoms with Gasteiger partial charge in [0.1, 0.15) is 30.4 Å². The molecule has 0 bridgehead atoms. The highest BCUT2D eigenvalue weighted by Crippen LogP contribution is 2.59. The molecule has 6 atom stereocenters. The molecule has 222 valence electrons. The first-order valence-electron chi connectivity index (χ1n) is 12.6. The Morgan fingerprint density at radius 1 is 1.38 bits per heavy atom. The monoisotopic (exact) mass is 604 g/mol. The fraction of sp³-hybridized carbons (Fsp3) is 0.696. The number of phosphoric ester groups is 1. The first-order chi connectivity index (χ1) is 18.6. The van der Waals surface area contributed by atoms with E-state index in [2.05, 4.69) is 15.0 Å². The minimum atomic E-state index is -4.17. The number of ether oxygens (including phenoxy) is 2. The normalized spacial score (nSPS) is 29.4. The Labute approximate surface area is 234 Å². The molecule has 2 fully saturated rings. The van der Waals surface area contributed by atoms with Crippen LogP contribution in [0, 0.1) is 11.3 Å². The molecule has 0 radical (unpaired) electrons. The maximum atomic E-state index is 16.1. The maximum Gasteiger partial charge on any atom is 0.475 e. The molecule has 4 rings (SSSR count). The molecule has 2 aliphatic heterocycles. The molecule has 0 amide bonds. The lowest BCUT2D eigenvalue weighted by Crippen LogP contribution is -2.44. The van der Waals surface area contributed by atoms with Crippen LogP contribution in [0.3, 0.4) is 0 Å². The van der Waals surface area contributed by atoms with Crippen molar-refractivity contribution in [1.29, 1.82) is 0 Å². The molecule has 4 N–H and O–H groups in total. The molecular weight excluding hydrogens is 570 g/mol. The molecule has 2 aliphatic rings. The van der Waals surface area contributed by atoms with E-state index in [1.54, 1.807) is 27.7 Å². The molecule has 0 unspecified atom stereocenters. The molecule has 2 aromatic rings. The van der Waals surface area contributed by atoms with E-state index in [0.29, 0.717) is 5.52 Å². The number of hydrogen-bond acceptors (Lipinski definition) is 14. The highest BCUT2D eigenvalue weighted by molar-refractivity contribution is 8.13. The Balaban J connectivity index is 1.30. The molecule has 14 nitrogen and oxygen atoms in total. The van der Waals surface area contributed by atoms with Crippen LogP contribution in [-0.4, -0.2) is 80.1 Å². The summed E-state index contributed by atoms with van der Waals surface area (Å²) in [4.78, 5) is 36.8. The van der Waals surface area contributed by atoms with E-state index in [4.69, 9.17) is 34.5 Å². The standard InChI is InChI=1S/C23H34FN6O8PS/c1-12(2)15(25)18(31)34-10-22(3,4)20(32)40-7-6-35-39(33)36-9-14-16(38-39)23(5,24)19(37-14)30-11-28-13-8-27-21(26)29-17(13)30/h8,11-12,14-16,19H,6-7,9-10,25H2,1-5H3,(H2,26,27,29)/t14-,15+,16-,19-,23-,39+/m1/s1. The summed E-state index contributed by atoms with van der Waals surface area (Å²) in [6, 6.07) is -0.780. The number of nitrogens with two attached hydrogens (primary N) is 2. The molecular formula is C23H34FN6O8PS. The molecule has 40 heavy (non-hydrogen) atoms. The van der Waals surface area contributed by atoms with Crippen molar-refractivity contribution in [2.75, 3.05) is 31.3 Å². The largest absolute Gasteiger partial charge is 0.475 e. The van der Waals surface area contributed by atoms with Crippen molar-refractivity contribution in [1.82, 2.24) is 19.5 Å². The van der Waals surface area contributed by atoms with Crippen LogP contribution in [-0.2, 0) is 37.2 Å². The summed E-state index contributed by atoms with van der Waals surface area (Å²) in [7, 11) is -4.17. The number of nitrogens with zero attached hydrogens (tertiary/aromatic N) is 4. The minimum absolute atomic E-state index is 0.0150. The van der Waals surface area contributed by atoms with Gasteiger partial charge in [-0.1, -0.05) is 25.6 Å². The summed E-state index contributed by atoms with van der Waals surface area (Å²) in [5.74, 6) is -0.597. The van der Waals surface area contributed by atoms with Crippen LogP contribution in [0.25, 0.3) is 11.2 Å².